The molecule has 1 amide bonds. The van der Waals surface area contributed by atoms with Gasteiger partial charge in [0.1, 0.15) is 17.2 Å². The Morgan fingerprint density at radius 2 is 1.68 bits per heavy atom. The summed E-state index contributed by atoms with van der Waals surface area (Å²) in [7, 11) is -0.884. The molecule has 3 aromatic carbocycles. The van der Waals surface area contributed by atoms with Crippen LogP contribution in [0.3, 0.4) is 0 Å². The second-order valence-corrected chi connectivity index (χ2v) is 9.62. The lowest BCUT2D eigenvalue weighted by atomic mass is 10.1. The van der Waals surface area contributed by atoms with Gasteiger partial charge in [0, 0.05) is 5.56 Å². The fourth-order valence-corrected chi connectivity index (χ4v) is 5.33. The van der Waals surface area contributed by atoms with Gasteiger partial charge in [-0.1, -0.05) is 30.3 Å². The van der Waals surface area contributed by atoms with Crippen molar-refractivity contribution < 1.29 is 27.4 Å². The third-order valence-corrected chi connectivity index (χ3v) is 7.43. The third kappa shape index (κ3) is 4.51. The number of ether oxygens (including phenoxy) is 3. The van der Waals surface area contributed by atoms with Crippen molar-refractivity contribution in [1.82, 2.24) is 5.32 Å². The fraction of sp³-hybridized carbons (Fsp3) is 0.240. The monoisotopic (exact) mass is 482 g/mol. The Balaban J connectivity index is 1.61. The van der Waals surface area contributed by atoms with E-state index in [1.54, 1.807) is 43.5 Å². The van der Waals surface area contributed by atoms with Crippen molar-refractivity contribution in [3.8, 4) is 17.2 Å². The summed E-state index contributed by atoms with van der Waals surface area (Å²) < 4.78 is 44.7. The van der Waals surface area contributed by atoms with Gasteiger partial charge in [0.2, 0.25) is 0 Å². The molecule has 9 heteroatoms. The van der Waals surface area contributed by atoms with E-state index in [4.69, 9.17) is 14.2 Å². The van der Waals surface area contributed by atoms with E-state index in [9.17, 15) is 13.2 Å². The van der Waals surface area contributed by atoms with Gasteiger partial charge in [-0.25, -0.2) is 8.42 Å². The average molecular weight is 483 g/mol. The predicted molar refractivity (Wildman–Crippen MR) is 128 cm³/mol. The van der Waals surface area contributed by atoms with Crippen LogP contribution in [0.4, 0.5) is 5.69 Å². The van der Waals surface area contributed by atoms with Gasteiger partial charge in [0.25, 0.3) is 15.9 Å². The summed E-state index contributed by atoms with van der Waals surface area (Å²) in [5.41, 5.74) is 1.18. The molecule has 178 valence electrons. The summed E-state index contributed by atoms with van der Waals surface area (Å²) in [6.07, 6.45) is -1.04. The number of amides is 1. The van der Waals surface area contributed by atoms with Gasteiger partial charge in [-0.15, -0.1) is 0 Å². The molecule has 0 radical (unpaired) electrons. The zero-order valence-corrected chi connectivity index (χ0v) is 19.9. The fourth-order valence-electron chi connectivity index (χ4n) is 3.85. The van der Waals surface area contributed by atoms with E-state index >= 15 is 0 Å². The molecule has 0 saturated heterocycles. The van der Waals surface area contributed by atoms with Gasteiger partial charge in [0.05, 0.1) is 37.4 Å². The molecule has 0 spiro atoms. The summed E-state index contributed by atoms with van der Waals surface area (Å²) in [6, 6.07) is 19.9. The summed E-state index contributed by atoms with van der Waals surface area (Å²) in [4.78, 5) is 13.3. The standard InChI is InChI=1S/C25H26N2O6S/c1-17(20-8-4-6-10-22(20)32-3)26-25(28)24-16-27(21-9-5-7-11-23(21)33-24)34(29,30)19-14-12-18(31-2)13-15-19/h4-15,17,24H,16H2,1-3H3,(H,26,28)/t17-,24-/m0/s1. The number of nitrogens with one attached hydrogen (secondary N) is 1. The first-order chi connectivity index (χ1) is 16.3. The van der Waals surface area contributed by atoms with Crippen molar-refractivity contribution in [2.75, 3.05) is 25.1 Å². The van der Waals surface area contributed by atoms with E-state index in [2.05, 4.69) is 5.32 Å². The molecule has 1 N–H and O–H groups in total. The largest absolute Gasteiger partial charge is 0.497 e. The lowest BCUT2D eigenvalue weighted by molar-refractivity contribution is -0.128. The Morgan fingerprint density at radius 1 is 1.00 bits per heavy atom. The Kier molecular flexibility index (Phi) is 6.65. The van der Waals surface area contributed by atoms with Crippen molar-refractivity contribution in [3.63, 3.8) is 0 Å². The maximum absolute atomic E-state index is 13.5. The zero-order valence-electron chi connectivity index (χ0n) is 19.1. The zero-order chi connectivity index (χ0) is 24.3. The highest BCUT2D eigenvalue weighted by Gasteiger charge is 2.38. The molecule has 0 saturated carbocycles. The minimum Gasteiger partial charge on any atom is -0.497 e. The second kappa shape index (κ2) is 9.64. The molecule has 8 nitrogen and oxygen atoms in total. The Labute approximate surface area is 199 Å². The van der Waals surface area contributed by atoms with Crippen LogP contribution in [-0.4, -0.2) is 41.2 Å². The predicted octanol–water partition coefficient (Wildman–Crippen LogP) is 3.54. The van der Waals surface area contributed by atoms with E-state index in [-0.39, 0.29) is 17.5 Å². The maximum Gasteiger partial charge on any atom is 0.264 e. The minimum absolute atomic E-state index is 0.0894. The molecule has 0 aromatic heterocycles. The Morgan fingerprint density at radius 3 is 2.38 bits per heavy atom. The van der Waals surface area contributed by atoms with E-state index in [1.807, 2.05) is 31.2 Å². The molecule has 0 fully saturated rings. The molecule has 0 unspecified atom stereocenters. The Hall–Kier alpha value is -3.72. The Bertz CT molecular complexity index is 1280. The van der Waals surface area contributed by atoms with Crippen LogP contribution in [0.15, 0.2) is 77.7 Å². The lowest BCUT2D eigenvalue weighted by Crippen LogP contribution is -2.51. The van der Waals surface area contributed by atoms with E-state index in [0.717, 1.165) is 5.56 Å². The normalized spacial score (nSPS) is 16.1. The summed E-state index contributed by atoms with van der Waals surface area (Å²) >= 11 is 0. The van der Waals surface area contributed by atoms with Crippen LogP contribution in [0.2, 0.25) is 0 Å². The molecule has 0 bridgehead atoms. The number of carbonyl (C=O) groups is 1. The number of nitrogens with zero attached hydrogens (tertiary/aromatic N) is 1. The topological polar surface area (TPSA) is 94.2 Å². The number of anilines is 1. The van der Waals surface area contributed by atoms with Crippen molar-refractivity contribution in [2.24, 2.45) is 0 Å². The highest BCUT2D eigenvalue weighted by Crippen LogP contribution is 2.37. The first kappa shape index (κ1) is 23.4. The van der Waals surface area contributed by atoms with Crippen LogP contribution in [-0.2, 0) is 14.8 Å². The maximum atomic E-state index is 13.5. The number of benzene rings is 3. The molecule has 1 heterocycles. The van der Waals surface area contributed by atoms with Crippen LogP contribution < -0.4 is 23.8 Å². The molecule has 1 aliphatic rings. The lowest BCUT2D eigenvalue weighted by Gasteiger charge is -2.35. The minimum atomic E-state index is -3.96. The van der Waals surface area contributed by atoms with E-state index in [1.165, 1.54) is 23.5 Å². The van der Waals surface area contributed by atoms with Crippen LogP contribution in [0, 0.1) is 0 Å². The van der Waals surface area contributed by atoms with Crippen molar-refractivity contribution in [1.29, 1.82) is 0 Å². The molecule has 1 aliphatic heterocycles. The number of sulfonamides is 1. The number of hydrogen-bond donors (Lipinski definition) is 1. The number of hydrogen-bond acceptors (Lipinski definition) is 6. The van der Waals surface area contributed by atoms with Crippen molar-refractivity contribution >= 4 is 21.6 Å². The highest BCUT2D eigenvalue weighted by molar-refractivity contribution is 7.92. The van der Waals surface area contributed by atoms with Gasteiger partial charge in [0.15, 0.2) is 6.10 Å². The molecule has 3 aromatic rings. The SMILES string of the molecule is COc1ccc(S(=O)(=O)N2C[C@@H](C(=O)N[C@@H](C)c3ccccc3OC)Oc3ccccc32)cc1. The molecule has 2 atom stereocenters. The number of fused-ring (bicyclic) bond motifs is 1. The molecular weight excluding hydrogens is 456 g/mol. The van der Waals surface area contributed by atoms with Crippen LogP contribution in [0.1, 0.15) is 18.5 Å². The van der Waals surface area contributed by atoms with Gasteiger partial charge >= 0.3 is 0 Å². The first-order valence-corrected chi connectivity index (χ1v) is 12.1. The first-order valence-electron chi connectivity index (χ1n) is 10.7. The number of methoxy groups -OCH3 is 2. The molecule has 4 rings (SSSR count). The van der Waals surface area contributed by atoms with E-state index < -0.39 is 22.0 Å². The van der Waals surface area contributed by atoms with Crippen molar-refractivity contribution in [2.45, 2.75) is 24.0 Å². The van der Waals surface area contributed by atoms with E-state index in [0.29, 0.717) is 22.9 Å². The second-order valence-electron chi connectivity index (χ2n) is 7.76. The molecule has 0 aliphatic carbocycles. The average Bonchev–Trinajstić information content (AvgIpc) is 2.87. The summed E-state index contributed by atoms with van der Waals surface area (Å²) in [5, 5.41) is 2.92. The number of rotatable bonds is 7. The number of para-hydroxylation sites is 3. The van der Waals surface area contributed by atoms with Crippen molar-refractivity contribution in [3.05, 3.63) is 78.4 Å². The van der Waals surface area contributed by atoms with Gasteiger partial charge in [-0.3, -0.25) is 9.10 Å². The van der Waals surface area contributed by atoms with Crippen LogP contribution in [0.5, 0.6) is 17.2 Å². The van der Waals surface area contributed by atoms with Crippen LogP contribution in [0.25, 0.3) is 0 Å². The smallest absolute Gasteiger partial charge is 0.264 e. The summed E-state index contributed by atoms with van der Waals surface area (Å²) in [5.74, 6) is 1.08. The number of carbonyl (C=O) groups excluding carboxylic acids is 1. The third-order valence-electron chi connectivity index (χ3n) is 5.64. The van der Waals surface area contributed by atoms with Gasteiger partial charge < -0.3 is 19.5 Å². The summed E-state index contributed by atoms with van der Waals surface area (Å²) in [6.45, 7) is 1.66. The van der Waals surface area contributed by atoms with Gasteiger partial charge in [-0.05, 0) is 49.4 Å². The highest BCUT2D eigenvalue weighted by atomic mass is 32.2. The van der Waals surface area contributed by atoms with Gasteiger partial charge in [-0.2, -0.15) is 0 Å². The van der Waals surface area contributed by atoms with Crippen LogP contribution >= 0.6 is 0 Å². The quantitative estimate of drug-likeness (QED) is 0.554. The molecule has 34 heavy (non-hydrogen) atoms. The molecular formula is C25H26N2O6S.